The van der Waals surface area contributed by atoms with Crippen molar-refractivity contribution in [3.63, 3.8) is 0 Å². The van der Waals surface area contributed by atoms with E-state index in [4.69, 9.17) is 29.7 Å². The van der Waals surface area contributed by atoms with E-state index >= 15 is 0 Å². The van der Waals surface area contributed by atoms with Crippen LogP contribution >= 0.6 is 0 Å². The van der Waals surface area contributed by atoms with Gasteiger partial charge in [0, 0.05) is 55.1 Å². The van der Waals surface area contributed by atoms with Crippen LogP contribution in [0.25, 0.3) is 131 Å². The van der Waals surface area contributed by atoms with Crippen molar-refractivity contribution in [2.24, 2.45) is 0 Å². The Bertz CT molecular complexity index is 4380. The fraction of sp³-hybridized carbons (Fsp3) is 0. The Kier molecular flexibility index (Phi) is 9.19. The molecular formula is C62H33N9. The van der Waals surface area contributed by atoms with Crippen molar-refractivity contribution in [1.82, 2.24) is 23.7 Å². The summed E-state index contributed by atoms with van der Waals surface area (Å²) < 4.78 is 6.89. The number of hydrogen-bond donors (Lipinski definition) is 0. The first-order valence-corrected chi connectivity index (χ1v) is 22.9. The number of rotatable bonds is 6. The van der Waals surface area contributed by atoms with Gasteiger partial charge < -0.3 is 13.7 Å². The molecule has 0 atom stereocenters. The van der Waals surface area contributed by atoms with E-state index in [0.717, 1.165) is 88.4 Å². The monoisotopic (exact) mass is 903 g/mol. The first kappa shape index (κ1) is 40.7. The highest BCUT2D eigenvalue weighted by Gasteiger charge is 2.20. The zero-order chi connectivity index (χ0) is 47.7. The molecule has 9 aromatic carbocycles. The maximum absolute atomic E-state index is 9.90. The molecule has 13 aromatic rings. The predicted molar refractivity (Wildman–Crippen MR) is 285 cm³/mol. The Morgan fingerprint density at radius 3 is 1.39 bits per heavy atom. The first-order chi connectivity index (χ1) is 35.0. The van der Waals surface area contributed by atoms with Gasteiger partial charge in [-0.05, 0) is 120 Å². The minimum atomic E-state index is 0.484. The molecule has 326 valence electrons. The third-order valence-electron chi connectivity index (χ3n) is 13.5. The maximum Gasteiger partial charge on any atom is 0.188 e. The van der Waals surface area contributed by atoms with Crippen LogP contribution in [0, 0.1) is 31.0 Å². The zero-order valence-electron chi connectivity index (χ0n) is 37.6. The lowest BCUT2D eigenvalue weighted by atomic mass is 10.1. The Morgan fingerprint density at radius 2 is 0.803 bits per heavy atom. The molecule has 0 spiro atoms. The largest absolute Gasteiger partial charge is 0.309 e. The van der Waals surface area contributed by atoms with Crippen LogP contribution in [-0.2, 0) is 0 Å². The van der Waals surface area contributed by atoms with Crippen LogP contribution in [0.4, 0.5) is 17.1 Å². The topological polar surface area (TPSA) is 77.4 Å². The van der Waals surface area contributed by atoms with E-state index in [9.17, 15) is 5.26 Å². The predicted octanol–water partition coefficient (Wildman–Crippen LogP) is 16.3. The van der Waals surface area contributed by atoms with E-state index < -0.39 is 0 Å². The molecule has 0 saturated carbocycles. The molecule has 0 aliphatic rings. The van der Waals surface area contributed by atoms with Crippen molar-refractivity contribution in [1.29, 1.82) is 5.26 Å². The smallest absolute Gasteiger partial charge is 0.188 e. The van der Waals surface area contributed by atoms with E-state index in [0.29, 0.717) is 39.8 Å². The van der Waals surface area contributed by atoms with Crippen LogP contribution in [-0.4, -0.2) is 23.7 Å². The lowest BCUT2D eigenvalue weighted by molar-refractivity contribution is 1.16. The van der Waals surface area contributed by atoms with Crippen LogP contribution in [0.5, 0.6) is 0 Å². The minimum absolute atomic E-state index is 0.484. The third kappa shape index (κ3) is 6.51. The average molecular weight is 904 g/mol. The molecule has 0 aliphatic heterocycles. The van der Waals surface area contributed by atoms with Gasteiger partial charge in [0.05, 0.1) is 75.8 Å². The molecule has 0 unspecified atom stereocenters. The minimum Gasteiger partial charge on any atom is -0.309 e. The number of nitriles is 1. The molecule has 0 amide bonds. The number of hydrogen-bond acceptors (Lipinski definition) is 3. The number of benzene rings is 9. The SMILES string of the molecule is [C-]#[N+]c1cccc(-c2cc(-c3ccc(-n4c5ccc(-n6c7ccccc7c7ccccc76)cc5c5cc(-n6c7ccc(C#N)cc7c7cc([N+]#[C-])ccc76)ccc54)cc3)nc(-c3cccc([N+]#[C-])c3)n2)c1. The Hall–Kier alpha value is -10.6. The molecule has 4 heterocycles. The quantitative estimate of drug-likeness (QED) is 0.156. The highest BCUT2D eigenvalue weighted by molar-refractivity contribution is 6.14. The second-order valence-corrected chi connectivity index (χ2v) is 17.4. The van der Waals surface area contributed by atoms with E-state index in [1.54, 1.807) is 18.2 Å². The van der Waals surface area contributed by atoms with Gasteiger partial charge in [0.15, 0.2) is 22.9 Å². The van der Waals surface area contributed by atoms with Crippen molar-refractivity contribution in [2.75, 3.05) is 0 Å². The maximum atomic E-state index is 9.90. The number of nitrogens with zero attached hydrogens (tertiary/aromatic N) is 9. The number of para-hydroxylation sites is 2. The van der Waals surface area contributed by atoms with Crippen molar-refractivity contribution in [3.8, 4) is 57.0 Å². The molecule has 0 fully saturated rings. The summed E-state index contributed by atoms with van der Waals surface area (Å²) in [5.41, 5.74) is 15.1. The molecule has 4 aromatic heterocycles. The second kappa shape index (κ2) is 16.0. The summed E-state index contributed by atoms with van der Waals surface area (Å²) in [6.45, 7) is 23.1. The summed E-state index contributed by atoms with van der Waals surface area (Å²) in [4.78, 5) is 21.1. The van der Waals surface area contributed by atoms with Crippen molar-refractivity contribution < 1.29 is 0 Å². The van der Waals surface area contributed by atoms with Gasteiger partial charge >= 0.3 is 0 Å². The van der Waals surface area contributed by atoms with Gasteiger partial charge in [-0.25, -0.2) is 24.5 Å². The number of aromatic nitrogens is 5. The van der Waals surface area contributed by atoms with Gasteiger partial charge in [-0.2, -0.15) is 5.26 Å². The summed E-state index contributed by atoms with van der Waals surface area (Å²) in [7, 11) is 0. The Labute approximate surface area is 406 Å². The van der Waals surface area contributed by atoms with Crippen molar-refractivity contribution >= 4 is 82.5 Å². The fourth-order valence-corrected chi connectivity index (χ4v) is 10.3. The molecular weight excluding hydrogens is 871 g/mol. The summed E-state index contributed by atoms with van der Waals surface area (Å²) in [6, 6.07) is 69.4. The molecule has 0 aliphatic carbocycles. The van der Waals surface area contributed by atoms with Crippen molar-refractivity contribution in [2.45, 2.75) is 0 Å². The van der Waals surface area contributed by atoms with Crippen LogP contribution in [0.15, 0.2) is 200 Å². The van der Waals surface area contributed by atoms with Gasteiger partial charge in [0.2, 0.25) is 0 Å². The molecule has 0 radical (unpaired) electrons. The molecule has 9 nitrogen and oxygen atoms in total. The van der Waals surface area contributed by atoms with Crippen LogP contribution in [0.2, 0.25) is 0 Å². The Balaban J connectivity index is 1.02. The van der Waals surface area contributed by atoms with E-state index in [-0.39, 0.29) is 0 Å². The summed E-state index contributed by atoms with van der Waals surface area (Å²) in [5.74, 6) is 0.484. The van der Waals surface area contributed by atoms with Gasteiger partial charge in [0.1, 0.15) is 0 Å². The highest BCUT2D eigenvalue weighted by Crippen LogP contribution is 2.41. The molecule has 0 saturated heterocycles. The van der Waals surface area contributed by atoms with Crippen LogP contribution in [0.1, 0.15) is 5.56 Å². The summed E-state index contributed by atoms with van der Waals surface area (Å²) >= 11 is 0. The standard InChI is InChI=1S/C62H33N9/c1-64-42-12-8-10-40(31-42)55-36-54(67-62(68-55)41-11-9-13-43(32-41)65-2)39-19-22-45(23-20-39)69-60-28-24-46(70-56-16-6-4-14-48(56)49-15-5-7-17-57(49)70)34-52(60)53-35-47(25-29-61(53)69)71-58-26-18-38(37-63)30-50(58)51-33-44(66-3)21-27-59(51)71/h4-36H. The fourth-order valence-electron chi connectivity index (χ4n) is 10.3. The van der Waals surface area contributed by atoms with Gasteiger partial charge in [-0.3, -0.25) is 0 Å². The van der Waals surface area contributed by atoms with Gasteiger partial charge in [-0.15, -0.1) is 0 Å². The van der Waals surface area contributed by atoms with Crippen molar-refractivity contribution in [3.05, 3.63) is 240 Å². The van der Waals surface area contributed by atoms with E-state index in [1.165, 1.54) is 10.8 Å². The molecule has 9 heteroatoms. The molecule has 0 bridgehead atoms. The molecule has 71 heavy (non-hydrogen) atoms. The highest BCUT2D eigenvalue weighted by atomic mass is 15.0. The normalized spacial score (nSPS) is 11.3. The van der Waals surface area contributed by atoms with E-state index in [2.05, 4.69) is 144 Å². The van der Waals surface area contributed by atoms with E-state index in [1.807, 2.05) is 72.8 Å². The second-order valence-electron chi connectivity index (χ2n) is 17.4. The molecule has 13 rings (SSSR count). The average Bonchev–Trinajstić information content (AvgIpc) is 4.07. The molecule has 0 N–H and O–H groups in total. The third-order valence-corrected chi connectivity index (χ3v) is 13.5. The van der Waals surface area contributed by atoms with Gasteiger partial charge in [0.25, 0.3) is 0 Å². The summed E-state index contributed by atoms with van der Waals surface area (Å²) in [5, 5.41) is 16.2. The lowest BCUT2D eigenvalue weighted by Crippen LogP contribution is -1.98. The lowest BCUT2D eigenvalue weighted by Gasteiger charge is -2.12. The summed E-state index contributed by atoms with van der Waals surface area (Å²) in [6.07, 6.45) is 0. The number of fused-ring (bicyclic) bond motifs is 9. The van der Waals surface area contributed by atoms with Crippen LogP contribution < -0.4 is 0 Å². The zero-order valence-corrected chi connectivity index (χ0v) is 37.6. The first-order valence-electron chi connectivity index (χ1n) is 22.9. The van der Waals surface area contributed by atoms with Crippen LogP contribution in [0.3, 0.4) is 0 Å². The van der Waals surface area contributed by atoms with Gasteiger partial charge in [-0.1, -0.05) is 91.0 Å². The Morgan fingerprint density at radius 1 is 0.352 bits per heavy atom.